The maximum Gasteiger partial charge on any atom is 0.185 e. The van der Waals surface area contributed by atoms with E-state index in [0.29, 0.717) is 12.0 Å². The summed E-state index contributed by atoms with van der Waals surface area (Å²) in [6.45, 7) is 3.59. The number of aldehydes is 1. The van der Waals surface area contributed by atoms with Crippen LogP contribution in [0.4, 0.5) is 0 Å². The summed E-state index contributed by atoms with van der Waals surface area (Å²) in [5, 5.41) is 0. The fourth-order valence-electron chi connectivity index (χ4n) is 0.837. The number of carbonyl (C=O) groups is 1. The van der Waals surface area contributed by atoms with Crippen LogP contribution in [0.5, 0.6) is 0 Å². The standard InChI is InChI=1S/C9H10O2/c1-2-3-4-8-5-6-9(7-10)11-8/h2,5-7H,1,3-4H2. The van der Waals surface area contributed by atoms with E-state index in [1.54, 1.807) is 6.07 Å². The van der Waals surface area contributed by atoms with Crippen molar-refractivity contribution in [3.8, 4) is 0 Å². The van der Waals surface area contributed by atoms with Crippen LogP contribution in [0.25, 0.3) is 0 Å². The third-order valence-corrected chi connectivity index (χ3v) is 1.39. The van der Waals surface area contributed by atoms with Gasteiger partial charge < -0.3 is 4.42 Å². The van der Waals surface area contributed by atoms with Crippen LogP contribution in [0.2, 0.25) is 0 Å². The largest absolute Gasteiger partial charge is 0.458 e. The van der Waals surface area contributed by atoms with Gasteiger partial charge in [0.05, 0.1) is 0 Å². The molecule has 1 aromatic rings. The highest BCUT2D eigenvalue weighted by atomic mass is 16.3. The molecular formula is C9H10O2. The maximum absolute atomic E-state index is 10.2. The van der Waals surface area contributed by atoms with E-state index in [4.69, 9.17) is 4.42 Å². The average Bonchev–Trinajstić information content (AvgIpc) is 2.48. The Morgan fingerprint density at radius 2 is 2.36 bits per heavy atom. The second kappa shape index (κ2) is 3.76. The van der Waals surface area contributed by atoms with Crippen molar-refractivity contribution < 1.29 is 9.21 Å². The normalized spacial score (nSPS) is 9.45. The number of furan rings is 1. The molecule has 0 fully saturated rings. The van der Waals surface area contributed by atoms with Gasteiger partial charge in [-0.15, -0.1) is 6.58 Å². The van der Waals surface area contributed by atoms with Gasteiger partial charge in [-0.1, -0.05) is 6.08 Å². The van der Waals surface area contributed by atoms with Gasteiger partial charge in [-0.25, -0.2) is 0 Å². The van der Waals surface area contributed by atoms with E-state index in [1.807, 2.05) is 12.1 Å². The molecule has 0 aliphatic heterocycles. The van der Waals surface area contributed by atoms with Crippen molar-refractivity contribution in [3.05, 3.63) is 36.3 Å². The van der Waals surface area contributed by atoms with E-state index >= 15 is 0 Å². The molecule has 0 aliphatic rings. The summed E-state index contributed by atoms with van der Waals surface area (Å²) in [6.07, 6.45) is 4.23. The molecule has 58 valence electrons. The molecule has 0 saturated heterocycles. The second-order valence-corrected chi connectivity index (χ2v) is 2.25. The van der Waals surface area contributed by atoms with Gasteiger partial charge in [-0.2, -0.15) is 0 Å². The van der Waals surface area contributed by atoms with E-state index in [-0.39, 0.29) is 0 Å². The molecule has 0 radical (unpaired) electrons. The summed E-state index contributed by atoms with van der Waals surface area (Å²) >= 11 is 0. The summed E-state index contributed by atoms with van der Waals surface area (Å²) in [7, 11) is 0. The van der Waals surface area contributed by atoms with Crippen LogP contribution in [-0.2, 0) is 6.42 Å². The molecule has 0 aromatic carbocycles. The topological polar surface area (TPSA) is 30.2 Å². The van der Waals surface area contributed by atoms with Crippen LogP contribution in [-0.4, -0.2) is 6.29 Å². The smallest absolute Gasteiger partial charge is 0.185 e. The molecular weight excluding hydrogens is 140 g/mol. The molecule has 0 unspecified atom stereocenters. The highest BCUT2D eigenvalue weighted by Crippen LogP contribution is 2.07. The molecule has 0 aliphatic carbocycles. The monoisotopic (exact) mass is 150 g/mol. The van der Waals surface area contributed by atoms with Gasteiger partial charge in [0.15, 0.2) is 12.0 Å². The quantitative estimate of drug-likeness (QED) is 0.486. The number of allylic oxidation sites excluding steroid dienone is 1. The van der Waals surface area contributed by atoms with Crippen LogP contribution in [0.3, 0.4) is 0 Å². The van der Waals surface area contributed by atoms with Gasteiger partial charge in [0, 0.05) is 6.42 Å². The SMILES string of the molecule is C=CCCc1ccc(C=O)o1. The van der Waals surface area contributed by atoms with Crippen LogP contribution in [0.1, 0.15) is 22.7 Å². The maximum atomic E-state index is 10.2. The molecule has 0 N–H and O–H groups in total. The number of hydrogen-bond donors (Lipinski definition) is 0. The Bertz CT molecular complexity index is 248. The van der Waals surface area contributed by atoms with Crippen LogP contribution in [0, 0.1) is 0 Å². The molecule has 2 nitrogen and oxygen atoms in total. The van der Waals surface area contributed by atoms with Crippen LogP contribution >= 0.6 is 0 Å². The Hall–Kier alpha value is -1.31. The fourth-order valence-corrected chi connectivity index (χ4v) is 0.837. The Morgan fingerprint density at radius 1 is 1.55 bits per heavy atom. The van der Waals surface area contributed by atoms with Gasteiger partial charge in [-0.05, 0) is 18.6 Å². The van der Waals surface area contributed by atoms with E-state index in [0.717, 1.165) is 18.6 Å². The van der Waals surface area contributed by atoms with E-state index in [2.05, 4.69) is 6.58 Å². The highest BCUT2D eigenvalue weighted by Gasteiger charge is 1.98. The lowest BCUT2D eigenvalue weighted by Gasteiger charge is -1.88. The summed E-state index contributed by atoms with van der Waals surface area (Å²) in [6, 6.07) is 3.48. The Kier molecular flexibility index (Phi) is 2.66. The Balaban J connectivity index is 2.57. The van der Waals surface area contributed by atoms with E-state index in [9.17, 15) is 4.79 Å². The lowest BCUT2D eigenvalue weighted by atomic mass is 10.2. The molecule has 0 atom stereocenters. The van der Waals surface area contributed by atoms with Gasteiger partial charge >= 0.3 is 0 Å². The minimum Gasteiger partial charge on any atom is -0.458 e. The molecule has 1 aromatic heterocycles. The number of rotatable bonds is 4. The zero-order valence-electron chi connectivity index (χ0n) is 6.25. The predicted molar refractivity (Wildman–Crippen MR) is 42.6 cm³/mol. The second-order valence-electron chi connectivity index (χ2n) is 2.25. The zero-order chi connectivity index (χ0) is 8.10. The lowest BCUT2D eigenvalue weighted by molar-refractivity contribution is 0.109. The Morgan fingerprint density at radius 3 is 2.91 bits per heavy atom. The molecule has 0 spiro atoms. The van der Waals surface area contributed by atoms with Crippen molar-refractivity contribution in [2.75, 3.05) is 0 Å². The van der Waals surface area contributed by atoms with Gasteiger partial charge in [0.2, 0.25) is 0 Å². The van der Waals surface area contributed by atoms with Gasteiger partial charge in [0.25, 0.3) is 0 Å². The van der Waals surface area contributed by atoms with Crippen molar-refractivity contribution >= 4 is 6.29 Å². The first-order valence-corrected chi connectivity index (χ1v) is 3.51. The summed E-state index contributed by atoms with van der Waals surface area (Å²) in [5.41, 5.74) is 0. The van der Waals surface area contributed by atoms with Crippen molar-refractivity contribution in [2.24, 2.45) is 0 Å². The number of aryl methyl sites for hydroxylation is 1. The van der Waals surface area contributed by atoms with Gasteiger partial charge in [-0.3, -0.25) is 4.79 Å². The minimum atomic E-state index is 0.393. The van der Waals surface area contributed by atoms with Crippen LogP contribution in [0.15, 0.2) is 29.2 Å². The van der Waals surface area contributed by atoms with E-state index in [1.165, 1.54) is 0 Å². The summed E-state index contributed by atoms with van der Waals surface area (Å²) in [5.74, 6) is 1.23. The first-order valence-electron chi connectivity index (χ1n) is 3.51. The summed E-state index contributed by atoms with van der Waals surface area (Å²) in [4.78, 5) is 10.2. The fraction of sp³-hybridized carbons (Fsp3) is 0.222. The molecule has 0 saturated carbocycles. The van der Waals surface area contributed by atoms with E-state index < -0.39 is 0 Å². The average molecular weight is 150 g/mol. The third kappa shape index (κ3) is 2.08. The predicted octanol–water partition coefficient (Wildman–Crippen LogP) is 2.21. The zero-order valence-corrected chi connectivity index (χ0v) is 6.25. The number of carbonyl (C=O) groups excluding carboxylic acids is 1. The highest BCUT2D eigenvalue weighted by molar-refractivity contribution is 5.70. The Labute approximate surface area is 65.5 Å². The van der Waals surface area contributed by atoms with Crippen molar-refractivity contribution in [2.45, 2.75) is 12.8 Å². The first-order chi connectivity index (χ1) is 5.36. The summed E-state index contributed by atoms with van der Waals surface area (Å²) < 4.78 is 5.12. The first kappa shape index (κ1) is 7.79. The minimum absolute atomic E-state index is 0.393. The number of hydrogen-bond acceptors (Lipinski definition) is 2. The van der Waals surface area contributed by atoms with Crippen LogP contribution < -0.4 is 0 Å². The molecule has 2 heteroatoms. The molecule has 11 heavy (non-hydrogen) atoms. The van der Waals surface area contributed by atoms with Gasteiger partial charge in [0.1, 0.15) is 5.76 Å². The molecule has 0 bridgehead atoms. The molecule has 0 amide bonds. The lowest BCUT2D eigenvalue weighted by Crippen LogP contribution is -1.77. The third-order valence-electron chi connectivity index (χ3n) is 1.39. The van der Waals surface area contributed by atoms with Crippen molar-refractivity contribution in [3.63, 3.8) is 0 Å². The molecule has 1 rings (SSSR count). The van der Waals surface area contributed by atoms with Crippen molar-refractivity contribution in [1.82, 2.24) is 0 Å². The molecule has 1 heterocycles. The van der Waals surface area contributed by atoms with Crippen molar-refractivity contribution in [1.29, 1.82) is 0 Å².